The number of thiophene rings is 1. The van der Waals surface area contributed by atoms with Gasteiger partial charge in [0.15, 0.2) is 5.69 Å². The van der Waals surface area contributed by atoms with Crippen LogP contribution >= 0.6 is 22.7 Å². The van der Waals surface area contributed by atoms with E-state index < -0.39 is 0 Å². The molecule has 1 aliphatic rings. The van der Waals surface area contributed by atoms with E-state index in [4.69, 9.17) is 10.1 Å². The first-order chi connectivity index (χ1) is 17.1. The summed E-state index contributed by atoms with van der Waals surface area (Å²) in [4.78, 5) is 20.2. The van der Waals surface area contributed by atoms with Crippen molar-refractivity contribution in [2.75, 3.05) is 0 Å². The molecule has 0 saturated carbocycles. The summed E-state index contributed by atoms with van der Waals surface area (Å²) in [6, 6.07) is 22.2. The Labute approximate surface area is 210 Å². The highest BCUT2D eigenvalue weighted by Crippen LogP contribution is 2.28. The summed E-state index contributed by atoms with van der Waals surface area (Å²) in [6.45, 7) is 1.93. The molecule has 0 saturated heterocycles. The van der Waals surface area contributed by atoms with Crippen LogP contribution < -0.4 is 10.4 Å². The fourth-order valence-corrected chi connectivity index (χ4v) is 6.11. The molecule has 6 rings (SSSR count). The van der Waals surface area contributed by atoms with Crippen molar-refractivity contribution in [3.05, 3.63) is 109 Å². The lowest BCUT2D eigenvalue weighted by Gasteiger charge is -2.07. The number of fused-ring (bicyclic) bond motifs is 1. The van der Waals surface area contributed by atoms with Gasteiger partial charge in [0, 0.05) is 18.0 Å². The quantitative estimate of drug-likeness (QED) is 0.323. The molecule has 0 atom stereocenters. The van der Waals surface area contributed by atoms with Crippen LogP contribution in [0.2, 0.25) is 0 Å². The average molecular weight is 498 g/mol. The van der Waals surface area contributed by atoms with E-state index in [2.05, 4.69) is 41.1 Å². The summed E-state index contributed by atoms with van der Waals surface area (Å²) in [5, 5.41) is 9.23. The molecule has 2 aromatic carbocycles. The highest BCUT2D eigenvalue weighted by Gasteiger charge is 2.20. The van der Waals surface area contributed by atoms with Crippen molar-refractivity contribution in [1.82, 2.24) is 14.0 Å². The topological polar surface area (TPSA) is 56.6 Å². The van der Waals surface area contributed by atoms with Gasteiger partial charge in [-0.15, -0.1) is 22.7 Å². The van der Waals surface area contributed by atoms with E-state index in [1.54, 1.807) is 16.0 Å². The van der Waals surface area contributed by atoms with Gasteiger partial charge < -0.3 is 0 Å². The van der Waals surface area contributed by atoms with E-state index in [0.29, 0.717) is 10.5 Å². The fourth-order valence-electron chi connectivity index (χ4n) is 4.48. The summed E-state index contributed by atoms with van der Waals surface area (Å²) in [5.74, 6) is 0. The van der Waals surface area contributed by atoms with Crippen LogP contribution in [0.3, 0.4) is 0 Å². The molecule has 0 N–H and O–H groups in total. The number of nitrogens with zero attached hydrogens (tertiary/aromatic N) is 5. The van der Waals surface area contributed by atoms with Crippen molar-refractivity contribution in [1.29, 1.82) is 0 Å². The average Bonchev–Trinajstić information content (AvgIpc) is 3.66. The lowest BCUT2D eigenvalue weighted by molar-refractivity contribution is 0.630. The Hall–Kier alpha value is -3.75. The molecular weight excluding hydrogens is 474 g/mol. The third kappa shape index (κ3) is 3.75. The first-order valence-corrected chi connectivity index (χ1v) is 13.2. The number of hydrogen-bond acceptors (Lipinski definition) is 5. The maximum atomic E-state index is 13.5. The van der Waals surface area contributed by atoms with E-state index in [-0.39, 0.29) is 5.56 Å². The highest BCUT2D eigenvalue weighted by molar-refractivity contribution is 7.14. The van der Waals surface area contributed by atoms with Gasteiger partial charge in [0.05, 0.1) is 27.7 Å². The molecular formula is C27H23N5OS2. The summed E-state index contributed by atoms with van der Waals surface area (Å²) >= 11 is 3.17. The van der Waals surface area contributed by atoms with Gasteiger partial charge in [-0.25, -0.2) is 14.4 Å². The van der Waals surface area contributed by atoms with Crippen LogP contribution in [-0.4, -0.2) is 19.8 Å². The minimum Gasteiger partial charge on any atom is -0.283 e. The molecule has 0 unspecified atom stereocenters. The third-order valence-corrected chi connectivity index (χ3v) is 8.08. The molecule has 1 aliphatic carbocycles. The minimum absolute atomic E-state index is 0.146. The number of rotatable bonds is 4. The van der Waals surface area contributed by atoms with Crippen molar-refractivity contribution in [3.63, 3.8) is 0 Å². The summed E-state index contributed by atoms with van der Waals surface area (Å²) < 4.78 is 5.42. The van der Waals surface area contributed by atoms with Gasteiger partial charge in [0.1, 0.15) is 0 Å². The molecule has 3 heterocycles. The number of aromatic nitrogens is 3. The Morgan fingerprint density at radius 1 is 0.914 bits per heavy atom. The second-order valence-electron chi connectivity index (χ2n) is 8.42. The van der Waals surface area contributed by atoms with E-state index in [0.717, 1.165) is 40.5 Å². The van der Waals surface area contributed by atoms with Crippen molar-refractivity contribution in [2.45, 2.75) is 19.8 Å². The molecule has 0 aliphatic heterocycles. The van der Waals surface area contributed by atoms with E-state index in [1.807, 2.05) is 59.7 Å². The van der Waals surface area contributed by atoms with Gasteiger partial charge in [0.25, 0.3) is 5.56 Å². The molecule has 35 heavy (non-hydrogen) atoms. The van der Waals surface area contributed by atoms with Crippen LogP contribution in [0.5, 0.6) is 0 Å². The second kappa shape index (κ2) is 8.79. The van der Waals surface area contributed by atoms with Crippen LogP contribution in [-0.2, 0) is 13.5 Å². The number of para-hydroxylation sites is 1. The molecule has 0 fully saturated rings. The first kappa shape index (κ1) is 21.8. The first-order valence-electron chi connectivity index (χ1n) is 11.4. The Balaban J connectivity index is 1.56. The largest absolute Gasteiger partial charge is 0.297 e. The Morgan fingerprint density at radius 2 is 1.71 bits per heavy atom. The predicted octanol–water partition coefficient (Wildman–Crippen LogP) is 5.51. The van der Waals surface area contributed by atoms with Crippen molar-refractivity contribution in [3.8, 4) is 16.3 Å². The van der Waals surface area contributed by atoms with Crippen LogP contribution in [0.1, 0.15) is 23.2 Å². The van der Waals surface area contributed by atoms with Crippen LogP contribution in [0.15, 0.2) is 92.4 Å². The maximum absolute atomic E-state index is 13.5. The Bertz CT molecular complexity index is 1680. The number of hydrogen-bond donors (Lipinski definition) is 0. The molecule has 0 radical (unpaired) electrons. The van der Waals surface area contributed by atoms with E-state index in [9.17, 15) is 4.79 Å². The van der Waals surface area contributed by atoms with Crippen molar-refractivity contribution in [2.24, 2.45) is 17.1 Å². The summed E-state index contributed by atoms with van der Waals surface area (Å²) in [5.41, 5.74) is 6.44. The van der Waals surface area contributed by atoms with Crippen molar-refractivity contribution >= 4 is 34.1 Å². The number of aryl methyl sites for hydroxylation is 1. The van der Waals surface area contributed by atoms with Gasteiger partial charge in [-0.3, -0.25) is 9.48 Å². The molecule has 0 amide bonds. The maximum Gasteiger partial charge on any atom is 0.297 e. The lowest BCUT2D eigenvalue weighted by atomic mass is 10.1. The highest BCUT2D eigenvalue weighted by atomic mass is 32.1. The molecule has 174 valence electrons. The van der Waals surface area contributed by atoms with Crippen molar-refractivity contribution < 1.29 is 0 Å². The molecule has 0 bridgehead atoms. The Kier molecular flexibility index (Phi) is 5.47. The van der Waals surface area contributed by atoms with Crippen LogP contribution in [0.25, 0.3) is 16.3 Å². The van der Waals surface area contributed by atoms with Gasteiger partial charge >= 0.3 is 0 Å². The zero-order chi connectivity index (χ0) is 23.9. The molecule has 3 aromatic heterocycles. The predicted molar refractivity (Wildman–Crippen MR) is 143 cm³/mol. The monoisotopic (exact) mass is 497 g/mol. The SMILES string of the molecule is Cc1c(N=c2scc(-c3cccs3)n2/N=C2/CCc3ccccc32)c(=O)n(-c2ccccc2)n1C. The number of benzene rings is 2. The van der Waals surface area contributed by atoms with Gasteiger partial charge in [-0.05, 0) is 48.9 Å². The number of thiazole rings is 1. The van der Waals surface area contributed by atoms with Gasteiger partial charge in [0.2, 0.25) is 4.80 Å². The molecule has 5 aromatic rings. The fraction of sp³-hybridized carbons (Fsp3) is 0.148. The summed E-state index contributed by atoms with van der Waals surface area (Å²) in [6.07, 6.45) is 1.87. The lowest BCUT2D eigenvalue weighted by Crippen LogP contribution is -2.20. The second-order valence-corrected chi connectivity index (χ2v) is 10.2. The zero-order valence-corrected chi connectivity index (χ0v) is 21.0. The molecule has 6 nitrogen and oxygen atoms in total. The van der Waals surface area contributed by atoms with Crippen LogP contribution in [0.4, 0.5) is 5.69 Å². The van der Waals surface area contributed by atoms with Crippen LogP contribution in [0, 0.1) is 6.92 Å². The van der Waals surface area contributed by atoms with Gasteiger partial charge in [-0.1, -0.05) is 48.5 Å². The standard InChI is InChI=1S/C27H23N5OS2/c1-18-25(26(33)32(30(18)2)20-10-4-3-5-11-20)28-27-31(23(17-35-27)24-13-8-16-34-24)29-22-15-14-19-9-6-7-12-21(19)22/h3-13,16-17H,14-15H2,1-2H3/b28-27?,29-22-. The summed E-state index contributed by atoms with van der Waals surface area (Å²) in [7, 11) is 1.89. The normalized spacial score (nSPS) is 14.7. The Morgan fingerprint density at radius 3 is 2.51 bits per heavy atom. The smallest absolute Gasteiger partial charge is 0.283 e. The molecule has 0 spiro atoms. The molecule has 8 heteroatoms. The van der Waals surface area contributed by atoms with E-state index in [1.165, 1.54) is 22.5 Å². The minimum atomic E-state index is -0.146. The third-order valence-electron chi connectivity index (χ3n) is 6.37. The van der Waals surface area contributed by atoms with Gasteiger partial charge in [-0.2, -0.15) is 5.10 Å². The zero-order valence-electron chi connectivity index (χ0n) is 19.4. The van der Waals surface area contributed by atoms with E-state index >= 15 is 0 Å².